The van der Waals surface area contributed by atoms with Crippen LogP contribution < -0.4 is 10.1 Å². The summed E-state index contributed by atoms with van der Waals surface area (Å²) in [6.45, 7) is 1.04. The first-order valence-corrected chi connectivity index (χ1v) is 5.84. The van der Waals surface area contributed by atoms with Crippen LogP contribution in [0, 0.1) is 11.2 Å². The maximum atomic E-state index is 13.8. The highest BCUT2D eigenvalue weighted by molar-refractivity contribution is 5.76. The predicted octanol–water partition coefficient (Wildman–Crippen LogP) is 1.44. The topological polar surface area (TPSA) is 58.6 Å². The van der Waals surface area contributed by atoms with E-state index in [1.807, 2.05) is 0 Å². The van der Waals surface area contributed by atoms with Gasteiger partial charge in [-0.1, -0.05) is 6.07 Å². The number of rotatable bonds is 4. The molecule has 4 nitrogen and oxygen atoms in total. The number of halogens is 1. The van der Waals surface area contributed by atoms with Crippen LogP contribution in [0.5, 0.6) is 5.75 Å². The summed E-state index contributed by atoms with van der Waals surface area (Å²) in [6, 6.07) is 4.53. The van der Waals surface area contributed by atoms with Crippen LogP contribution in [0.1, 0.15) is 12.0 Å². The minimum absolute atomic E-state index is 0.200. The van der Waals surface area contributed by atoms with Crippen LogP contribution in [0.15, 0.2) is 18.2 Å². The highest BCUT2D eigenvalue weighted by Crippen LogP contribution is 2.32. The average molecular weight is 253 g/mol. The van der Waals surface area contributed by atoms with Gasteiger partial charge in [0.15, 0.2) is 0 Å². The lowest BCUT2D eigenvalue weighted by atomic mass is 9.81. The van der Waals surface area contributed by atoms with E-state index in [9.17, 15) is 14.3 Å². The van der Waals surface area contributed by atoms with E-state index in [1.54, 1.807) is 12.1 Å². The number of aliphatic carboxylic acids is 1. The van der Waals surface area contributed by atoms with Crippen molar-refractivity contribution in [2.24, 2.45) is 5.41 Å². The number of methoxy groups -OCH3 is 1. The van der Waals surface area contributed by atoms with Crippen molar-refractivity contribution >= 4 is 5.97 Å². The summed E-state index contributed by atoms with van der Waals surface area (Å²) < 4.78 is 18.8. The molecule has 1 atom stereocenters. The molecule has 2 rings (SSSR count). The Hall–Kier alpha value is -1.62. The molecule has 0 aliphatic carbocycles. The first kappa shape index (κ1) is 12.8. The Labute approximate surface area is 105 Å². The lowest BCUT2D eigenvalue weighted by Gasteiger charge is -2.23. The van der Waals surface area contributed by atoms with E-state index < -0.39 is 17.2 Å². The molecule has 0 amide bonds. The van der Waals surface area contributed by atoms with Crippen molar-refractivity contribution in [3.05, 3.63) is 29.6 Å². The van der Waals surface area contributed by atoms with Crippen LogP contribution in [0.4, 0.5) is 4.39 Å². The van der Waals surface area contributed by atoms with Gasteiger partial charge in [0.25, 0.3) is 0 Å². The summed E-state index contributed by atoms with van der Waals surface area (Å²) in [7, 11) is 1.47. The zero-order valence-electron chi connectivity index (χ0n) is 10.2. The van der Waals surface area contributed by atoms with Crippen LogP contribution in [0.3, 0.4) is 0 Å². The zero-order valence-corrected chi connectivity index (χ0v) is 10.2. The summed E-state index contributed by atoms with van der Waals surface area (Å²) in [5, 5.41) is 12.4. The largest absolute Gasteiger partial charge is 0.497 e. The molecular weight excluding hydrogens is 237 g/mol. The number of benzene rings is 1. The van der Waals surface area contributed by atoms with Gasteiger partial charge < -0.3 is 15.2 Å². The van der Waals surface area contributed by atoms with Crippen molar-refractivity contribution in [2.75, 3.05) is 20.2 Å². The molecule has 1 aliphatic heterocycles. The Morgan fingerprint density at radius 3 is 2.89 bits per heavy atom. The average Bonchev–Trinajstić information content (AvgIpc) is 2.81. The number of nitrogens with one attached hydrogen (secondary N) is 1. The molecule has 0 saturated carbocycles. The molecule has 1 fully saturated rings. The second-order valence-corrected chi connectivity index (χ2v) is 4.65. The van der Waals surface area contributed by atoms with E-state index in [-0.39, 0.29) is 6.42 Å². The van der Waals surface area contributed by atoms with Crippen molar-refractivity contribution in [2.45, 2.75) is 12.8 Å². The minimum Gasteiger partial charge on any atom is -0.497 e. The van der Waals surface area contributed by atoms with Gasteiger partial charge in [-0.25, -0.2) is 4.39 Å². The Morgan fingerprint density at radius 1 is 1.61 bits per heavy atom. The van der Waals surface area contributed by atoms with Crippen molar-refractivity contribution in [1.29, 1.82) is 0 Å². The Morgan fingerprint density at radius 2 is 2.39 bits per heavy atom. The third kappa shape index (κ3) is 2.31. The first-order chi connectivity index (χ1) is 8.57. The molecule has 1 heterocycles. The van der Waals surface area contributed by atoms with Crippen molar-refractivity contribution in [1.82, 2.24) is 5.32 Å². The number of carbonyl (C=O) groups is 1. The smallest absolute Gasteiger partial charge is 0.311 e. The predicted molar refractivity (Wildman–Crippen MR) is 64.2 cm³/mol. The van der Waals surface area contributed by atoms with E-state index in [1.165, 1.54) is 13.2 Å². The molecule has 0 bridgehead atoms. The maximum Gasteiger partial charge on any atom is 0.311 e. The van der Waals surface area contributed by atoms with E-state index >= 15 is 0 Å². The third-order valence-corrected chi connectivity index (χ3v) is 3.49. The second kappa shape index (κ2) is 4.94. The highest BCUT2D eigenvalue weighted by Gasteiger charge is 2.41. The molecule has 0 aromatic heterocycles. The molecule has 18 heavy (non-hydrogen) atoms. The minimum atomic E-state index is -0.893. The summed E-state index contributed by atoms with van der Waals surface area (Å²) in [5.41, 5.74) is -0.475. The van der Waals surface area contributed by atoms with Gasteiger partial charge in [0, 0.05) is 12.6 Å². The lowest BCUT2D eigenvalue weighted by Crippen LogP contribution is -2.35. The monoisotopic (exact) mass is 253 g/mol. The quantitative estimate of drug-likeness (QED) is 0.852. The van der Waals surface area contributed by atoms with Crippen molar-refractivity contribution in [3.8, 4) is 5.75 Å². The van der Waals surface area contributed by atoms with E-state index in [4.69, 9.17) is 4.74 Å². The standard InChI is InChI=1S/C13H16FNO3/c1-18-10-3-2-9(11(14)6-10)7-13(12(16)17)4-5-15-8-13/h2-3,6,15H,4-5,7-8H2,1H3,(H,16,17). The number of ether oxygens (including phenoxy) is 1. The molecule has 1 aliphatic rings. The summed E-state index contributed by atoms with van der Waals surface area (Å²) in [6.07, 6.45) is 0.721. The number of hydrogen-bond acceptors (Lipinski definition) is 3. The van der Waals surface area contributed by atoms with Gasteiger partial charge in [-0.2, -0.15) is 0 Å². The molecule has 2 N–H and O–H groups in total. The van der Waals surface area contributed by atoms with Gasteiger partial charge in [0.2, 0.25) is 0 Å². The number of carboxylic acid groups (broad SMARTS) is 1. The molecule has 1 saturated heterocycles. The Balaban J connectivity index is 2.24. The van der Waals surface area contributed by atoms with Crippen LogP contribution in [0.25, 0.3) is 0 Å². The Bertz CT molecular complexity index is 456. The van der Waals surface area contributed by atoms with Crippen LogP contribution >= 0.6 is 0 Å². The van der Waals surface area contributed by atoms with Crippen LogP contribution in [0.2, 0.25) is 0 Å². The SMILES string of the molecule is COc1ccc(CC2(C(=O)O)CCNC2)c(F)c1. The molecule has 1 aromatic carbocycles. The van der Waals surface area contributed by atoms with E-state index in [0.29, 0.717) is 30.8 Å². The van der Waals surface area contributed by atoms with Crippen LogP contribution in [-0.2, 0) is 11.2 Å². The molecule has 0 spiro atoms. The van der Waals surface area contributed by atoms with E-state index in [2.05, 4.69) is 5.32 Å². The molecule has 1 aromatic rings. The first-order valence-electron chi connectivity index (χ1n) is 5.84. The Kier molecular flexibility index (Phi) is 3.52. The molecule has 1 unspecified atom stereocenters. The van der Waals surface area contributed by atoms with Gasteiger partial charge in [-0.15, -0.1) is 0 Å². The molecule has 0 radical (unpaired) electrons. The summed E-state index contributed by atoms with van der Waals surface area (Å²) in [4.78, 5) is 11.4. The van der Waals surface area contributed by atoms with Gasteiger partial charge in [0.1, 0.15) is 11.6 Å². The third-order valence-electron chi connectivity index (χ3n) is 3.49. The van der Waals surface area contributed by atoms with Gasteiger partial charge in [0.05, 0.1) is 12.5 Å². The summed E-state index contributed by atoms with van der Waals surface area (Å²) >= 11 is 0. The van der Waals surface area contributed by atoms with Crippen molar-refractivity contribution in [3.63, 3.8) is 0 Å². The molecular formula is C13H16FNO3. The number of carboxylic acids is 1. The zero-order chi connectivity index (χ0) is 13.2. The fourth-order valence-corrected chi connectivity index (χ4v) is 2.32. The van der Waals surface area contributed by atoms with Crippen LogP contribution in [-0.4, -0.2) is 31.3 Å². The van der Waals surface area contributed by atoms with Gasteiger partial charge in [-0.05, 0) is 31.0 Å². The van der Waals surface area contributed by atoms with Gasteiger partial charge >= 0.3 is 5.97 Å². The highest BCUT2D eigenvalue weighted by atomic mass is 19.1. The summed E-state index contributed by atoms with van der Waals surface area (Å²) in [5.74, 6) is -0.852. The maximum absolute atomic E-state index is 13.8. The fourth-order valence-electron chi connectivity index (χ4n) is 2.32. The van der Waals surface area contributed by atoms with E-state index in [0.717, 1.165) is 0 Å². The second-order valence-electron chi connectivity index (χ2n) is 4.65. The fraction of sp³-hybridized carbons (Fsp3) is 0.462. The number of hydrogen-bond donors (Lipinski definition) is 2. The van der Waals surface area contributed by atoms with Gasteiger partial charge in [-0.3, -0.25) is 4.79 Å². The van der Waals surface area contributed by atoms with Crippen molar-refractivity contribution < 1.29 is 19.0 Å². The lowest BCUT2D eigenvalue weighted by molar-refractivity contribution is -0.147. The normalized spacial score (nSPS) is 23.0. The molecule has 98 valence electrons. The molecule has 5 heteroatoms.